The Bertz CT molecular complexity index is 839. The summed E-state index contributed by atoms with van der Waals surface area (Å²) >= 11 is 0. The fourth-order valence-electron chi connectivity index (χ4n) is 2.07. The molecule has 2 N–H and O–H groups in total. The maximum Gasteiger partial charge on any atom is 0.146 e. The minimum absolute atomic E-state index is 0.340. The molecule has 3 aromatic rings. The summed E-state index contributed by atoms with van der Waals surface area (Å²) in [6.07, 6.45) is 3.30. The lowest BCUT2D eigenvalue weighted by Gasteiger charge is -2.10. The van der Waals surface area contributed by atoms with Gasteiger partial charge in [-0.05, 0) is 42.0 Å². The quantitative estimate of drug-likeness (QED) is 0.743. The number of benzene rings is 1. The first-order valence-electron chi connectivity index (χ1n) is 6.39. The van der Waals surface area contributed by atoms with Crippen molar-refractivity contribution in [1.82, 2.24) is 9.97 Å². The van der Waals surface area contributed by atoms with Crippen molar-refractivity contribution in [3.05, 3.63) is 60.0 Å². The van der Waals surface area contributed by atoms with Gasteiger partial charge in [0.05, 0.1) is 0 Å². The number of fused-ring (bicyclic) bond motifs is 1. The van der Waals surface area contributed by atoms with Crippen LogP contribution in [0.4, 0.5) is 5.69 Å². The van der Waals surface area contributed by atoms with Gasteiger partial charge in [-0.15, -0.1) is 0 Å². The van der Waals surface area contributed by atoms with E-state index < -0.39 is 0 Å². The molecule has 0 saturated heterocycles. The Morgan fingerprint density at radius 2 is 2.05 bits per heavy atom. The Kier molecular flexibility index (Phi) is 3.36. The highest BCUT2D eigenvalue weighted by Gasteiger charge is 2.06. The van der Waals surface area contributed by atoms with Crippen molar-refractivity contribution >= 4 is 16.6 Å². The normalized spacial score (nSPS) is 10.2. The van der Waals surface area contributed by atoms with Crippen LogP contribution in [0.3, 0.4) is 0 Å². The maximum atomic E-state index is 8.84. The van der Waals surface area contributed by atoms with Crippen LogP contribution in [-0.4, -0.2) is 9.97 Å². The number of pyridine rings is 2. The molecule has 0 bridgehead atoms. The Morgan fingerprint density at radius 1 is 1.14 bits per heavy atom. The van der Waals surface area contributed by atoms with Gasteiger partial charge in [-0.1, -0.05) is 0 Å². The van der Waals surface area contributed by atoms with Gasteiger partial charge >= 0.3 is 0 Å². The van der Waals surface area contributed by atoms with Gasteiger partial charge in [0.25, 0.3) is 0 Å². The molecule has 0 saturated carbocycles. The number of ether oxygens (including phenoxy) is 1. The van der Waals surface area contributed by atoms with Crippen LogP contribution in [-0.2, 0) is 6.61 Å². The SMILES string of the molecule is N#Cc1cc(COc2ccc(N)c3cccnc23)ccn1. The van der Waals surface area contributed by atoms with E-state index in [-0.39, 0.29) is 0 Å². The van der Waals surface area contributed by atoms with Gasteiger partial charge in [0.2, 0.25) is 0 Å². The molecular weight excluding hydrogens is 264 g/mol. The summed E-state index contributed by atoms with van der Waals surface area (Å²) < 4.78 is 5.80. The molecule has 5 heteroatoms. The molecule has 0 spiro atoms. The predicted molar refractivity (Wildman–Crippen MR) is 79.4 cm³/mol. The average molecular weight is 276 g/mol. The Balaban J connectivity index is 1.89. The van der Waals surface area contributed by atoms with Gasteiger partial charge in [-0.3, -0.25) is 4.98 Å². The molecule has 21 heavy (non-hydrogen) atoms. The van der Waals surface area contributed by atoms with E-state index in [4.69, 9.17) is 15.7 Å². The Labute approximate surface area is 121 Å². The van der Waals surface area contributed by atoms with Crippen LogP contribution in [0, 0.1) is 11.3 Å². The highest BCUT2D eigenvalue weighted by atomic mass is 16.5. The number of nitrogens with two attached hydrogens (primary N) is 1. The fourth-order valence-corrected chi connectivity index (χ4v) is 2.07. The lowest BCUT2D eigenvalue weighted by Crippen LogP contribution is -1.99. The number of nitrogen functional groups attached to an aromatic ring is 1. The molecular formula is C16H12N4O. The molecule has 2 heterocycles. The van der Waals surface area contributed by atoms with E-state index in [1.165, 1.54) is 0 Å². The summed E-state index contributed by atoms with van der Waals surface area (Å²) in [6.45, 7) is 0.340. The fraction of sp³-hybridized carbons (Fsp3) is 0.0625. The topological polar surface area (TPSA) is 84.8 Å². The van der Waals surface area contributed by atoms with Crippen molar-refractivity contribution in [3.8, 4) is 11.8 Å². The minimum Gasteiger partial charge on any atom is -0.487 e. The van der Waals surface area contributed by atoms with Crippen LogP contribution < -0.4 is 10.5 Å². The third-order valence-electron chi connectivity index (χ3n) is 3.10. The molecule has 0 aliphatic heterocycles. The number of aromatic nitrogens is 2. The largest absolute Gasteiger partial charge is 0.487 e. The Morgan fingerprint density at radius 3 is 2.90 bits per heavy atom. The van der Waals surface area contributed by atoms with Crippen molar-refractivity contribution in [2.75, 3.05) is 5.73 Å². The molecule has 0 unspecified atom stereocenters. The van der Waals surface area contributed by atoms with Crippen molar-refractivity contribution in [2.45, 2.75) is 6.61 Å². The van der Waals surface area contributed by atoms with E-state index in [0.29, 0.717) is 23.7 Å². The van der Waals surface area contributed by atoms with Crippen molar-refractivity contribution in [1.29, 1.82) is 5.26 Å². The second-order valence-corrected chi connectivity index (χ2v) is 4.50. The van der Waals surface area contributed by atoms with Crippen LogP contribution >= 0.6 is 0 Å². The van der Waals surface area contributed by atoms with Gasteiger partial charge in [-0.25, -0.2) is 4.98 Å². The first kappa shape index (κ1) is 12.9. The highest BCUT2D eigenvalue weighted by molar-refractivity contribution is 5.94. The summed E-state index contributed by atoms with van der Waals surface area (Å²) in [5, 5.41) is 9.71. The molecule has 0 radical (unpaired) electrons. The zero-order chi connectivity index (χ0) is 14.7. The van der Waals surface area contributed by atoms with Crippen LogP contribution in [0.1, 0.15) is 11.3 Å². The van der Waals surface area contributed by atoms with Crippen LogP contribution in [0.15, 0.2) is 48.8 Å². The number of nitriles is 1. The van der Waals surface area contributed by atoms with E-state index in [1.807, 2.05) is 24.3 Å². The molecule has 0 aliphatic carbocycles. The van der Waals surface area contributed by atoms with Crippen LogP contribution in [0.2, 0.25) is 0 Å². The van der Waals surface area contributed by atoms with Gasteiger partial charge in [0, 0.05) is 23.5 Å². The maximum absolute atomic E-state index is 8.84. The molecule has 3 rings (SSSR count). The molecule has 1 aromatic carbocycles. The van der Waals surface area contributed by atoms with E-state index in [1.54, 1.807) is 30.6 Å². The number of hydrogen-bond acceptors (Lipinski definition) is 5. The lowest BCUT2D eigenvalue weighted by atomic mass is 10.1. The van der Waals surface area contributed by atoms with Crippen molar-refractivity contribution in [2.24, 2.45) is 0 Å². The second-order valence-electron chi connectivity index (χ2n) is 4.50. The van der Waals surface area contributed by atoms with E-state index >= 15 is 0 Å². The van der Waals surface area contributed by atoms with Crippen LogP contribution in [0.5, 0.6) is 5.75 Å². The Hall–Kier alpha value is -3.13. The van der Waals surface area contributed by atoms with E-state index in [2.05, 4.69) is 9.97 Å². The standard InChI is InChI=1S/C16H12N4O/c17-9-12-8-11(5-7-19-12)10-21-15-4-3-14(18)13-2-1-6-20-16(13)15/h1-8H,10,18H2. The summed E-state index contributed by atoms with van der Waals surface area (Å²) in [4.78, 5) is 8.25. The summed E-state index contributed by atoms with van der Waals surface area (Å²) in [5.74, 6) is 0.662. The van der Waals surface area contributed by atoms with Crippen molar-refractivity contribution in [3.63, 3.8) is 0 Å². The zero-order valence-electron chi connectivity index (χ0n) is 11.2. The minimum atomic E-state index is 0.340. The van der Waals surface area contributed by atoms with Gasteiger partial charge in [0.1, 0.15) is 29.6 Å². The predicted octanol–water partition coefficient (Wildman–Crippen LogP) is 2.66. The van der Waals surface area contributed by atoms with Crippen LogP contribution in [0.25, 0.3) is 10.9 Å². The molecule has 102 valence electrons. The van der Waals surface area contributed by atoms with E-state index in [0.717, 1.165) is 16.5 Å². The smallest absolute Gasteiger partial charge is 0.146 e. The number of anilines is 1. The molecule has 0 aliphatic rings. The monoisotopic (exact) mass is 276 g/mol. The lowest BCUT2D eigenvalue weighted by molar-refractivity contribution is 0.309. The molecule has 5 nitrogen and oxygen atoms in total. The van der Waals surface area contributed by atoms with Crippen molar-refractivity contribution < 1.29 is 4.74 Å². The molecule has 0 amide bonds. The molecule has 0 fully saturated rings. The third kappa shape index (κ3) is 2.60. The molecule has 2 aromatic heterocycles. The second kappa shape index (κ2) is 5.47. The summed E-state index contributed by atoms with van der Waals surface area (Å²) in [5.41, 5.74) is 8.58. The van der Waals surface area contributed by atoms with Gasteiger partial charge < -0.3 is 10.5 Å². The average Bonchev–Trinajstić information content (AvgIpc) is 2.55. The number of hydrogen-bond donors (Lipinski definition) is 1. The number of rotatable bonds is 3. The van der Waals surface area contributed by atoms with Gasteiger partial charge in [0.15, 0.2) is 0 Å². The van der Waals surface area contributed by atoms with Gasteiger partial charge in [-0.2, -0.15) is 5.26 Å². The van der Waals surface area contributed by atoms with E-state index in [9.17, 15) is 0 Å². The summed E-state index contributed by atoms with van der Waals surface area (Å²) in [6, 6.07) is 12.9. The zero-order valence-corrected chi connectivity index (χ0v) is 11.2. The molecule has 0 atom stereocenters. The highest BCUT2D eigenvalue weighted by Crippen LogP contribution is 2.28. The first-order chi connectivity index (χ1) is 10.3. The third-order valence-corrected chi connectivity index (χ3v) is 3.10. The first-order valence-corrected chi connectivity index (χ1v) is 6.39. The number of nitrogens with zero attached hydrogens (tertiary/aromatic N) is 3. The summed E-state index contributed by atoms with van der Waals surface area (Å²) in [7, 11) is 0.